The van der Waals surface area contributed by atoms with Crippen LogP contribution in [0.4, 0.5) is 17.1 Å². The van der Waals surface area contributed by atoms with Gasteiger partial charge >= 0.3 is 0 Å². The number of pyridine rings is 2. The molecule has 4 nitrogen and oxygen atoms in total. The van der Waals surface area contributed by atoms with Crippen LogP contribution in [0.3, 0.4) is 0 Å². The maximum atomic E-state index is 4.78. The summed E-state index contributed by atoms with van der Waals surface area (Å²) in [6.45, 7) is 4.38. The summed E-state index contributed by atoms with van der Waals surface area (Å²) in [5.74, 6) is 0. The van der Waals surface area contributed by atoms with Gasteiger partial charge in [-0.25, -0.2) is 0 Å². The van der Waals surface area contributed by atoms with Crippen molar-refractivity contribution in [3.63, 3.8) is 0 Å². The Hall–Kier alpha value is -2.62. The average Bonchev–Trinajstić information content (AvgIpc) is 3.15. The van der Waals surface area contributed by atoms with Gasteiger partial charge < -0.3 is 9.80 Å². The monoisotopic (exact) mass is 318 g/mol. The number of aryl methyl sites for hydroxylation is 1. The molecular formula is C20H22N4. The first kappa shape index (κ1) is 14.9. The van der Waals surface area contributed by atoms with E-state index < -0.39 is 0 Å². The van der Waals surface area contributed by atoms with Crippen molar-refractivity contribution in [1.29, 1.82) is 0 Å². The van der Waals surface area contributed by atoms with E-state index in [1.807, 2.05) is 12.3 Å². The van der Waals surface area contributed by atoms with Crippen LogP contribution in [0.15, 0.2) is 48.8 Å². The molecule has 0 N–H and O–H groups in total. The van der Waals surface area contributed by atoms with Crippen LogP contribution >= 0.6 is 0 Å². The number of aromatic nitrogens is 2. The van der Waals surface area contributed by atoms with Crippen molar-refractivity contribution in [3.8, 4) is 0 Å². The second-order valence-corrected chi connectivity index (χ2v) is 6.45. The van der Waals surface area contributed by atoms with Crippen molar-refractivity contribution in [1.82, 2.24) is 9.97 Å². The van der Waals surface area contributed by atoms with E-state index in [4.69, 9.17) is 4.98 Å². The first-order chi connectivity index (χ1) is 11.7. The Kier molecular flexibility index (Phi) is 3.81. The van der Waals surface area contributed by atoms with Crippen molar-refractivity contribution in [3.05, 3.63) is 54.5 Å². The average molecular weight is 318 g/mol. The molecule has 1 aliphatic rings. The lowest BCUT2D eigenvalue weighted by Crippen LogP contribution is -2.18. The molecule has 0 radical (unpaired) electrons. The van der Waals surface area contributed by atoms with Crippen LogP contribution in [-0.4, -0.2) is 30.1 Å². The summed E-state index contributed by atoms with van der Waals surface area (Å²) in [5.41, 5.74) is 5.66. The highest BCUT2D eigenvalue weighted by atomic mass is 15.1. The van der Waals surface area contributed by atoms with Gasteiger partial charge in [0.2, 0.25) is 0 Å². The third kappa shape index (κ3) is 2.68. The summed E-state index contributed by atoms with van der Waals surface area (Å²) < 4.78 is 0. The van der Waals surface area contributed by atoms with Gasteiger partial charge in [0.1, 0.15) is 0 Å². The lowest BCUT2D eigenvalue weighted by molar-refractivity contribution is 0.949. The van der Waals surface area contributed by atoms with Crippen LogP contribution in [0.1, 0.15) is 18.5 Å². The zero-order valence-electron chi connectivity index (χ0n) is 14.2. The Balaban J connectivity index is 1.78. The standard InChI is InChI=1S/C20H22N4/c1-15-12-20(24-10-3-4-11-24)18-8-7-16(13-19(18)22-15)23(2)17-6-5-9-21-14-17/h5-9,12-14H,3-4,10-11H2,1-2H3. The minimum atomic E-state index is 1.06. The summed E-state index contributed by atoms with van der Waals surface area (Å²) in [7, 11) is 2.06. The highest BCUT2D eigenvalue weighted by Gasteiger charge is 2.16. The van der Waals surface area contributed by atoms with E-state index in [2.05, 4.69) is 59.1 Å². The smallest absolute Gasteiger partial charge is 0.0746 e. The largest absolute Gasteiger partial charge is 0.371 e. The van der Waals surface area contributed by atoms with Gasteiger partial charge in [-0.05, 0) is 56.2 Å². The molecule has 3 heterocycles. The molecular weight excluding hydrogens is 296 g/mol. The molecule has 0 bridgehead atoms. The lowest BCUT2D eigenvalue weighted by Gasteiger charge is -2.22. The number of hydrogen-bond donors (Lipinski definition) is 0. The van der Waals surface area contributed by atoms with Crippen LogP contribution < -0.4 is 9.80 Å². The molecule has 24 heavy (non-hydrogen) atoms. The van der Waals surface area contributed by atoms with Gasteiger partial charge in [0.15, 0.2) is 0 Å². The Morgan fingerprint density at radius 3 is 2.62 bits per heavy atom. The lowest BCUT2D eigenvalue weighted by atomic mass is 10.1. The van der Waals surface area contributed by atoms with Gasteiger partial charge in [-0.2, -0.15) is 0 Å². The zero-order valence-corrected chi connectivity index (χ0v) is 14.2. The fourth-order valence-electron chi connectivity index (χ4n) is 3.46. The van der Waals surface area contributed by atoms with Crippen LogP contribution in [0.5, 0.6) is 0 Å². The van der Waals surface area contributed by atoms with Crippen LogP contribution in [0.25, 0.3) is 10.9 Å². The van der Waals surface area contributed by atoms with Gasteiger partial charge in [-0.3, -0.25) is 9.97 Å². The fraction of sp³-hybridized carbons (Fsp3) is 0.300. The minimum absolute atomic E-state index is 1.06. The summed E-state index contributed by atoms with van der Waals surface area (Å²) in [6.07, 6.45) is 6.24. The molecule has 3 aromatic rings. The second-order valence-electron chi connectivity index (χ2n) is 6.45. The Bertz CT molecular complexity index is 854. The number of hydrogen-bond acceptors (Lipinski definition) is 4. The molecule has 0 spiro atoms. The number of fused-ring (bicyclic) bond motifs is 1. The molecule has 1 fully saturated rings. The van der Waals surface area contributed by atoms with Crippen molar-refractivity contribution in [2.45, 2.75) is 19.8 Å². The molecule has 1 saturated heterocycles. The van der Waals surface area contributed by atoms with Crippen molar-refractivity contribution >= 4 is 28.0 Å². The van der Waals surface area contributed by atoms with Crippen LogP contribution in [0.2, 0.25) is 0 Å². The topological polar surface area (TPSA) is 32.3 Å². The Labute approximate surface area is 142 Å². The summed E-state index contributed by atoms with van der Waals surface area (Å²) in [4.78, 5) is 13.6. The molecule has 0 unspecified atom stereocenters. The number of nitrogens with zero attached hydrogens (tertiary/aromatic N) is 4. The molecule has 1 aliphatic heterocycles. The van der Waals surface area contributed by atoms with Crippen molar-refractivity contribution in [2.24, 2.45) is 0 Å². The maximum Gasteiger partial charge on any atom is 0.0746 e. The predicted molar refractivity (Wildman–Crippen MR) is 100 cm³/mol. The molecule has 122 valence electrons. The SMILES string of the molecule is Cc1cc(N2CCCC2)c2ccc(N(C)c3cccnc3)cc2n1. The molecule has 0 amide bonds. The fourth-order valence-corrected chi connectivity index (χ4v) is 3.46. The molecule has 4 heteroatoms. The molecule has 4 rings (SSSR count). The van der Waals surface area contributed by atoms with E-state index >= 15 is 0 Å². The van der Waals surface area contributed by atoms with Gasteiger partial charge in [-0.15, -0.1) is 0 Å². The molecule has 2 aromatic heterocycles. The summed E-state index contributed by atoms with van der Waals surface area (Å²) >= 11 is 0. The highest BCUT2D eigenvalue weighted by Crippen LogP contribution is 2.33. The first-order valence-corrected chi connectivity index (χ1v) is 8.52. The van der Waals surface area contributed by atoms with E-state index in [0.717, 1.165) is 35.7 Å². The maximum absolute atomic E-state index is 4.78. The van der Waals surface area contributed by atoms with Crippen molar-refractivity contribution in [2.75, 3.05) is 29.9 Å². The molecule has 0 saturated carbocycles. The quantitative estimate of drug-likeness (QED) is 0.720. The molecule has 1 aromatic carbocycles. The van der Waals surface area contributed by atoms with E-state index in [1.54, 1.807) is 6.20 Å². The van der Waals surface area contributed by atoms with E-state index in [-0.39, 0.29) is 0 Å². The second kappa shape index (κ2) is 6.11. The summed E-state index contributed by atoms with van der Waals surface area (Å²) in [5, 5.41) is 1.24. The number of benzene rings is 1. The molecule has 0 atom stereocenters. The van der Waals surface area contributed by atoms with E-state index in [1.165, 1.54) is 23.9 Å². The Morgan fingerprint density at radius 1 is 1.04 bits per heavy atom. The minimum Gasteiger partial charge on any atom is -0.371 e. The van der Waals surface area contributed by atoms with Crippen LogP contribution in [-0.2, 0) is 0 Å². The molecule has 0 aliphatic carbocycles. The highest BCUT2D eigenvalue weighted by molar-refractivity contribution is 5.94. The first-order valence-electron chi connectivity index (χ1n) is 8.52. The van der Waals surface area contributed by atoms with E-state index in [0.29, 0.717) is 0 Å². The number of anilines is 3. The van der Waals surface area contributed by atoms with Gasteiger partial charge in [0, 0.05) is 48.8 Å². The summed E-state index contributed by atoms with van der Waals surface area (Å²) in [6, 6.07) is 12.8. The zero-order chi connectivity index (χ0) is 16.5. The van der Waals surface area contributed by atoms with E-state index in [9.17, 15) is 0 Å². The normalized spacial score (nSPS) is 14.3. The van der Waals surface area contributed by atoms with Gasteiger partial charge in [-0.1, -0.05) is 0 Å². The van der Waals surface area contributed by atoms with Crippen LogP contribution in [0, 0.1) is 6.92 Å². The van der Waals surface area contributed by atoms with Gasteiger partial charge in [0.05, 0.1) is 17.4 Å². The third-order valence-corrected chi connectivity index (χ3v) is 4.77. The number of rotatable bonds is 3. The third-order valence-electron chi connectivity index (χ3n) is 4.77. The van der Waals surface area contributed by atoms with Gasteiger partial charge in [0.25, 0.3) is 0 Å². The van der Waals surface area contributed by atoms with Crippen molar-refractivity contribution < 1.29 is 0 Å². The Morgan fingerprint density at radius 2 is 1.88 bits per heavy atom. The predicted octanol–water partition coefficient (Wildman–Crippen LogP) is 4.31.